The molecule has 0 aromatic heterocycles. The molecule has 0 bridgehead atoms. The third-order valence-corrected chi connectivity index (χ3v) is 4.69. The Morgan fingerprint density at radius 3 is 2.29 bits per heavy atom. The second-order valence-corrected chi connectivity index (χ2v) is 6.18. The Balaban J connectivity index is 2.27. The van der Waals surface area contributed by atoms with Crippen LogP contribution in [0.4, 0.5) is 0 Å². The number of nitrogens with zero attached hydrogens (tertiary/aromatic N) is 1. The molecule has 0 spiro atoms. The summed E-state index contributed by atoms with van der Waals surface area (Å²) in [6.45, 7) is 10.5. The fourth-order valence-corrected chi connectivity index (χ4v) is 3.18. The second-order valence-electron chi connectivity index (χ2n) is 6.18. The van der Waals surface area contributed by atoms with Crippen LogP contribution in [0.25, 0.3) is 10.8 Å². The molecule has 2 rings (SSSR count). The van der Waals surface area contributed by atoms with E-state index in [0.29, 0.717) is 6.42 Å². The van der Waals surface area contributed by atoms with Crippen LogP contribution in [0.1, 0.15) is 33.3 Å². The highest BCUT2D eigenvalue weighted by molar-refractivity contribution is 5.85. The van der Waals surface area contributed by atoms with Gasteiger partial charge in [-0.15, -0.1) is 0 Å². The number of aliphatic hydroxyl groups is 1. The molecule has 1 N–H and O–H groups in total. The third-order valence-electron chi connectivity index (χ3n) is 4.69. The van der Waals surface area contributed by atoms with Crippen molar-refractivity contribution in [3.63, 3.8) is 0 Å². The van der Waals surface area contributed by atoms with Crippen molar-refractivity contribution in [2.45, 2.75) is 45.8 Å². The van der Waals surface area contributed by atoms with E-state index >= 15 is 0 Å². The summed E-state index contributed by atoms with van der Waals surface area (Å²) in [5.41, 5.74) is 1.00. The van der Waals surface area contributed by atoms with Gasteiger partial charge in [-0.05, 0) is 43.3 Å². The fraction of sp³-hybridized carbons (Fsp3) is 0.474. The first kappa shape index (κ1) is 16.0. The summed E-state index contributed by atoms with van der Waals surface area (Å²) in [7, 11) is 0. The lowest BCUT2D eigenvalue weighted by Crippen LogP contribution is -2.53. The summed E-state index contributed by atoms with van der Waals surface area (Å²) in [5, 5.41) is 13.3. The van der Waals surface area contributed by atoms with E-state index in [1.165, 1.54) is 16.3 Å². The molecule has 0 saturated carbocycles. The summed E-state index contributed by atoms with van der Waals surface area (Å²) in [4.78, 5) is 2.32. The van der Waals surface area contributed by atoms with Crippen molar-refractivity contribution in [1.82, 2.24) is 4.90 Å². The van der Waals surface area contributed by atoms with E-state index in [-0.39, 0.29) is 11.6 Å². The van der Waals surface area contributed by atoms with Crippen LogP contribution in [0.15, 0.2) is 42.5 Å². The Bertz CT molecular complexity index is 582. The van der Waals surface area contributed by atoms with E-state index in [4.69, 9.17) is 0 Å². The van der Waals surface area contributed by atoms with Crippen molar-refractivity contribution in [2.24, 2.45) is 0 Å². The van der Waals surface area contributed by atoms with E-state index in [1.807, 2.05) is 0 Å². The van der Waals surface area contributed by atoms with Crippen molar-refractivity contribution in [3.05, 3.63) is 48.0 Å². The predicted octanol–water partition coefficient (Wildman–Crippen LogP) is 3.86. The largest absolute Gasteiger partial charge is 0.391 e. The molecule has 0 aliphatic carbocycles. The molecule has 0 radical (unpaired) electrons. The van der Waals surface area contributed by atoms with Crippen LogP contribution in [-0.2, 0) is 6.42 Å². The van der Waals surface area contributed by atoms with Gasteiger partial charge in [-0.25, -0.2) is 0 Å². The molecule has 0 aliphatic heterocycles. The smallest absolute Gasteiger partial charge is 0.0758 e. The molecule has 21 heavy (non-hydrogen) atoms. The zero-order valence-electron chi connectivity index (χ0n) is 13.6. The molecule has 2 heteroatoms. The number of rotatable bonds is 6. The highest BCUT2D eigenvalue weighted by atomic mass is 16.3. The molecule has 0 saturated heterocycles. The maximum atomic E-state index is 10.8. The molecule has 2 nitrogen and oxygen atoms in total. The number of benzene rings is 2. The predicted molar refractivity (Wildman–Crippen MR) is 90.7 cm³/mol. The number of hydrogen-bond donors (Lipinski definition) is 1. The lowest BCUT2D eigenvalue weighted by atomic mass is 9.88. The maximum Gasteiger partial charge on any atom is 0.0758 e. The van der Waals surface area contributed by atoms with E-state index in [0.717, 1.165) is 13.1 Å². The number of likely N-dealkylation sites (N-methyl/N-ethyl adjacent to an activating group) is 1. The first-order valence-corrected chi connectivity index (χ1v) is 7.90. The van der Waals surface area contributed by atoms with Gasteiger partial charge in [0.1, 0.15) is 0 Å². The third kappa shape index (κ3) is 3.28. The Kier molecular flexibility index (Phi) is 5.02. The summed E-state index contributed by atoms with van der Waals surface area (Å²) in [6, 6.07) is 14.7. The highest BCUT2D eigenvalue weighted by Gasteiger charge is 2.32. The molecule has 2 aromatic rings. The fourth-order valence-electron chi connectivity index (χ4n) is 3.18. The second kappa shape index (κ2) is 6.59. The van der Waals surface area contributed by atoms with Gasteiger partial charge in [-0.3, -0.25) is 4.90 Å². The van der Waals surface area contributed by atoms with Crippen LogP contribution in [-0.4, -0.2) is 34.7 Å². The first-order chi connectivity index (χ1) is 10.0. The number of aliphatic hydroxyl groups excluding tert-OH is 1. The minimum atomic E-state index is -0.386. The number of hydrogen-bond acceptors (Lipinski definition) is 2. The minimum Gasteiger partial charge on any atom is -0.391 e. The molecule has 2 aromatic carbocycles. The summed E-state index contributed by atoms with van der Waals surface area (Å²) < 4.78 is 0. The lowest BCUT2D eigenvalue weighted by molar-refractivity contribution is -0.00398. The van der Waals surface area contributed by atoms with Crippen LogP contribution in [0, 0.1) is 0 Å². The normalized spacial score (nSPS) is 13.8. The first-order valence-electron chi connectivity index (χ1n) is 7.90. The summed E-state index contributed by atoms with van der Waals surface area (Å²) >= 11 is 0. The van der Waals surface area contributed by atoms with Gasteiger partial charge in [0, 0.05) is 12.0 Å². The Hall–Kier alpha value is -1.38. The topological polar surface area (TPSA) is 23.5 Å². The summed E-state index contributed by atoms with van der Waals surface area (Å²) in [5.74, 6) is 0. The molecule has 1 atom stereocenters. The Morgan fingerprint density at radius 1 is 1.00 bits per heavy atom. The standard InChI is InChI=1S/C19H27NO/c1-5-20(6-2)19(3,4)18(21)14-16-12-9-11-15-10-7-8-13-17(15)16/h7-13,18,21H,5-6,14H2,1-4H3. The van der Waals surface area contributed by atoms with Crippen molar-refractivity contribution >= 4 is 10.8 Å². The van der Waals surface area contributed by atoms with Gasteiger partial charge in [-0.1, -0.05) is 56.3 Å². The number of fused-ring (bicyclic) bond motifs is 1. The quantitative estimate of drug-likeness (QED) is 0.871. The van der Waals surface area contributed by atoms with Crippen LogP contribution in [0.2, 0.25) is 0 Å². The van der Waals surface area contributed by atoms with Gasteiger partial charge in [-0.2, -0.15) is 0 Å². The monoisotopic (exact) mass is 285 g/mol. The molecule has 114 valence electrons. The van der Waals surface area contributed by atoms with Crippen molar-refractivity contribution in [1.29, 1.82) is 0 Å². The average Bonchev–Trinajstić information content (AvgIpc) is 2.48. The van der Waals surface area contributed by atoms with Gasteiger partial charge in [0.15, 0.2) is 0 Å². The Labute approximate surface area is 128 Å². The van der Waals surface area contributed by atoms with E-state index in [1.54, 1.807) is 0 Å². The molecule has 0 amide bonds. The highest BCUT2D eigenvalue weighted by Crippen LogP contribution is 2.25. The SMILES string of the molecule is CCN(CC)C(C)(C)C(O)Cc1cccc2ccccc12. The molecule has 0 aliphatic rings. The van der Waals surface area contributed by atoms with Crippen LogP contribution >= 0.6 is 0 Å². The Morgan fingerprint density at radius 2 is 1.62 bits per heavy atom. The van der Waals surface area contributed by atoms with Gasteiger partial charge in [0.05, 0.1) is 6.10 Å². The average molecular weight is 285 g/mol. The van der Waals surface area contributed by atoms with E-state index < -0.39 is 0 Å². The van der Waals surface area contributed by atoms with Crippen molar-refractivity contribution in [2.75, 3.05) is 13.1 Å². The molecular formula is C19H27NO. The zero-order chi connectivity index (χ0) is 15.5. The maximum absolute atomic E-state index is 10.8. The van der Waals surface area contributed by atoms with Gasteiger partial charge < -0.3 is 5.11 Å². The molecule has 1 unspecified atom stereocenters. The van der Waals surface area contributed by atoms with E-state index in [9.17, 15) is 5.11 Å². The molecule has 0 fully saturated rings. The van der Waals surface area contributed by atoms with Crippen LogP contribution < -0.4 is 0 Å². The van der Waals surface area contributed by atoms with Gasteiger partial charge >= 0.3 is 0 Å². The minimum absolute atomic E-state index is 0.222. The van der Waals surface area contributed by atoms with Crippen molar-refractivity contribution < 1.29 is 5.11 Å². The van der Waals surface area contributed by atoms with Gasteiger partial charge in [0.2, 0.25) is 0 Å². The van der Waals surface area contributed by atoms with Gasteiger partial charge in [0.25, 0.3) is 0 Å². The zero-order valence-corrected chi connectivity index (χ0v) is 13.6. The molecular weight excluding hydrogens is 258 g/mol. The molecule has 0 heterocycles. The lowest BCUT2D eigenvalue weighted by Gasteiger charge is -2.41. The van der Waals surface area contributed by atoms with E-state index in [2.05, 4.69) is 75.1 Å². The van der Waals surface area contributed by atoms with Crippen molar-refractivity contribution in [3.8, 4) is 0 Å². The summed E-state index contributed by atoms with van der Waals surface area (Å²) in [6.07, 6.45) is 0.299. The van der Waals surface area contributed by atoms with Crippen LogP contribution in [0.5, 0.6) is 0 Å². The van der Waals surface area contributed by atoms with Crippen LogP contribution in [0.3, 0.4) is 0 Å².